The molecule has 4 N–H and O–H groups in total. The van der Waals surface area contributed by atoms with Crippen LogP contribution < -0.4 is 11.1 Å². The van der Waals surface area contributed by atoms with E-state index < -0.39 is 0 Å². The van der Waals surface area contributed by atoms with Gasteiger partial charge in [-0.1, -0.05) is 6.07 Å². The van der Waals surface area contributed by atoms with Crippen LogP contribution >= 0.6 is 0 Å². The highest BCUT2D eigenvalue weighted by atomic mass is 14.9. The number of aromatic nitrogens is 2. The molecule has 1 heterocycles. The van der Waals surface area contributed by atoms with Crippen molar-refractivity contribution in [3.05, 3.63) is 42.0 Å². The number of nitrogens with zero attached hydrogens (tertiary/aromatic N) is 1. The maximum absolute atomic E-state index is 5.87. The Bertz CT molecular complexity index is 434. The standard InChI is InChI=1S/C11H14N4/c1-8-2-3-11(10(12)4-8)14-6-9-5-13-7-15-9/h2-5,7,14H,6,12H2,1H3,(H,13,15). The zero-order valence-electron chi connectivity index (χ0n) is 8.62. The first-order valence-corrected chi connectivity index (χ1v) is 4.83. The van der Waals surface area contributed by atoms with Gasteiger partial charge in [-0.05, 0) is 24.6 Å². The number of benzene rings is 1. The Kier molecular flexibility index (Phi) is 2.58. The van der Waals surface area contributed by atoms with Crippen molar-refractivity contribution < 1.29 is 0 Å². The summed E-state index contributed by atoms with van der Waals surface area (Å²) in [4.78, 5) is 6.97. The third-order valence-electron chi connectivity index (χ3n) is 2.23. The van der Waals surface area contributed by atoms with E-state index in [0.717, 1.165) is 17.1 Å². The summed E-state index contributed by atoms with van der Waals surface area (Å²) in [6.45, 7) is 2.72. The highest BCUT2D eigenvalue weighted by Crippen LogP contribution is 2.19. The lowest BCUT2D eigenvalue weighted by Crippen LogP contribution is -2.02. The lowest BCUT2D eigenvalue weighted by molar-refractivity contribution is 1.07. The Morgan fingerprint density at radius 1 is 1.47 bits per heavy atom. The number of anilines is 2. The summed E-state index contributed by atoms with van der Waals surface area (Å²) in [6.07, 6.45) is 3.45. The molecule has 4 nitrogen and oxygen atoms in total. The fourth-order valence-corrected chi connectivity index (χ4v) is 1.41. The van der Waals surface area contributed by atoms with Gasteiger partial charge in [-0.2, -0.15) is 0 Å². The minimum absolute atomic E-state index is 0.702. The zero-order chi connectivity index (χ0) is 10.7. The second-order valence-electron chi connectivity index (χ2n) is 3.52. The summed E-state index contributed by atoms with van der Waals surface area (Å²) in [5.41, 5.74) is 9.80. The second kappa shape index (κ2) is 4.04. The van der Waals surface area contributed by atoms with E-state index in [1.54, 1.807) is 12.5 Å². The monoisotopic (exact) mass is 202 g/mol. The van der Waals surface area contributed by atoms with Crippen LogP contribution in [-0.4, -0.2) is 9.97 Å². The highest BCUT2D eigenvalue weighted by molar-refractivity contribution is 5.66. The van der Waals surface area contributed by atoms with E-state index in [1.165, 1.54) is 5.56 Å². The van der Waals surface area contributed by atoms with Crippen LogP contribution in [0.3, 0.4) is 0 Å². The molecule has 0 spiro atoms. The molecule has 0 fully saturated rings. The Balaban J connectivity index is 2.05. The van der Waals surface area contributed by atoms with Crippen molar-refractivity contribution >= 4 is 11.4 Å². The Morgan fingerprint density at radius 2 is 2.33 bits per heavy atom. The van der Waals surface area contributed by atoms with Gasteiger partial charge in [0.05, 0.1) is 29.9 Å². The highest BCUT2D eigenvalue weighted by Gasteiger charge is 1.99. The van der Waals surface area contributed by atoms with E-state index in [9.17, 15) is 0 Å². The molecule has 0 atom stereocenters. The Labute approximate surface area is 88.5 Å². The summed E-state index contributed by atoms with van der Waals surface area (Å²) < 4.78 is 0. The smallest absolute Gasteiger partial charge is 0.0922 e. The molecular formula is C11H14N4. The molecule has 2 rings (SSSR count). The Morgan fingerprint density at radius 3 is 3.00 bits per heavy atom. The fourth-order valence-electron chi connectivity index (χ4n) is 1.41. The first-order valence-electron chi connectivity index (χ1n) is 4.83. The summed E-state index contributed by atoms with van der Waals surface area (Å²) in [5.74, 6) is 0. The van der Waals surface area contributed by atoms with Crippen molar-refractivity contribution in [3.8, 4) is 0 Å². The molecule has 0 aliphatic rings. The lowest BCUT2D eigenvalue weighted by Gasteiger charge is -2.08. The number of hydrogen-bond donors (Lipinski definition) is 3. The predicted molar refractivity (Wildman–Crippen MR) is 61.5 cm³/mol. The van der Waals surface area contributed by atoms with E-state index in [0.29, 0.717) is 6.54 Å². The van der Waals surface area contributed by atoms with Crippen molar-refractivity contribution in [3.63, 3.8) is 0 Å². The van der Waals surface area contributed by atoms with Crippen molar-refractivity contribution in [1.29, 1.82) is 0 Å². The number of nitrogen functional groups attached to an aromatic ring is 1. The molecule has 0 amide bonds. The minimum Gasteiger partial charge on any atom is -0.397 e. The first-order chi connectivity index (χ1) is 7.25. The minimum atomic E-state index is 0.702. The van der Waals surface area contributed by atoms with Crippen LogP contribution in [0.2, 0.25) is 0 Å². The maximum atomic E-state index is 5.87. The van der Waals surface area contributed by atoms with Gasteiger partial charge in [0.15, 0.2) is 0 Å². The average Bonchev–Trinajstić information content (AvgIpc) is 2.69. The van der Waals surface area contributed by atoms with Gasteiger partial charge < -0.3 is 16.0 Å². The molecule has 4 heteroatoms. The number of aromatic amines is 1. The summed E-state index contributed by atoms with van der Waals surface area (Å²) >= 11 is 0. The SMILES string of the molecule is Cc1ccc(NCc2cnc[nH]2)c(N)c1. The van der Waals surface area contributed by atoms with Crippen LogP contribution in [0.15, 0.2) is 30.7 Å². The van der Waals surface area contributed by atoms with Crippen LogP contribution in [0.25, 0.3) is 0 Å². The molecule has 0 unspecified atom stereocenters. The fraction of sp³-hybridized carbons (Fsp3) is 0.182. The van der Waals surface area contributed by atoms with E-state index >= 15 is 0 Å². The van der Waals surface area contributed by atoms with Crippen molar-refractivity contribution in [2.75, 3.05) is 11.1 Å². The number of H-pyrrole nitrogens is 1. The van der Waals surface area contributed by atoms with Gasteiger partial charge in [0.2, 0.25) is 0 Å². The molecule has 15 heavy (non-hydrogen) atoms. The van der Waals surface area contributed by atoms with Crippen LogP contribution in [0, 0.1) is 6.92 Å². The number of nitrogens with one attached hydrogen (secondary N) is 2. The molecule has 0 aliphatic heterocycles. The number of hydrogen-bond acceptors (Lipinski definition) is 3. The number of rotatable bonds is 3. The van der Waals surface area contributed by atoms with Gasteiger partial charge in [0, 0.05) is 6.20 Å². The van der Waals surface area contributed by atoms with E-state index in [2.05, 4.69) is 15.3 Å². The molecular weight excluding hydrogens is 188 g/mol. The third kappa shape index (κ3) is 2.28. The Hall–Kier alpha value is -1.97. The number of aryl methyl sites for hydroxylation is 1. The zero-order valence-corrected chi connectivity index (χ0v) is 8.62. The normalized spacial score (nSPS) is 10.2. The first kappa shape index (κ1) is 9.58. The number of nitrogens with two attached hydrogens (primary N) is 1. The second-order valence-corrected chi connectivity index (χ2v) is 3.52. The third-order valence-corrected chi connectivity index (χ3v) is 2.23. The van der Waals surface area contributed by atoms with Crippen LogP contribution in [0.1, 0.15) is 11.3 Å². The number of imidazole rings is 1. The van der Waals surface area contributed by atoms with E-state index in [-0.39, 0.29) is 0 Å². The maximum Gasteiger partial charge on any atom is 0.0922 e. The predicted octanol–water partition coefficient (Wildman–Crippen LogP) is 1.91. The van der Waals surface area contributed by atoms with Crippen LogP contribution in [0.4, 0.5) is 11.4 Å². The molecule has 1 aromatic heterocycles. The molecule has 0 bridgehead atoms. The topological polar surface area (TPSA) is 66.7 Å². The average molecular weight is 202 g/mol. The van der Waals surface area contributed by atoms with Gasteiger partial charge in [-0.3, -0.25) is 0 Å². The van der Waals surface area contributed by atoms with Gasteiger partial charge in [0.25, 0.3) is 0 Å². The van der Waals surface area contributed by atoms with Crippen molar-refractivity contribution in [2.45, 2.75) is 13.5 Å². The summed E-state index contributed by atoms with van der Waals surface area (Å²) in [6, 6.07) is 5.97. The molecule has 78 valence electrons. The molecule has 0 saturated heterocycles. The van der Waals surface area contributed by atoms with Gasteiger partial charge in [0.1, 0.15) is 0 Å². The molecule has 1 aromatic carbocycles. The van der Waals surface area contributed by atoms with E-state index in [4.69, 9.17) is 5.73 Å². The van der Waals surface area contributed by atoms with Crippen molar-refractivity contribution in [1.82, 2.24) is 9.97 Å². The van der Waals surface area contributed by atoms with Crippen LogP contribution in [-0.2, 0) is 6.54 Å². The van der Waals surface area contributed by atoms with Gasteiger partial charge >= 0.3 is 0 Å². The van der Waals surface area contributed by atoms with E-state index in [1.807, 2.05) is 25.1 Å². The summed E-state index contributed by atoms with van der Waals surface area (Å²) in [5, 5.41) is 3.25. The molecule has 0 radical (unpaired) electrons. The van der Waals surface area contributed by atoms with Gasteiger partial charge in [-0.25, -0.2) is 4.98 Å². The molecule has 0 saturated carbocycles. The largest absolute Gasteiger partial charge is 0.397 e. The lowest BCUT2D eigenvalue weighted by atomic mass is 10.2. The molecule has 2 aromatic rings. The van der Waals surface area contributed by atoms with Crippen LogP contribution in [0.5, 0.6) is 0 Å². The quantitative estimate of drug-likeness (QED) is 0.666. The summed E-state index contributed by atoms with van der Waals surface area (Å²) in [7, 11) is 0. The van der Waals surface area contributed by atoms with Gasteiger partial charge in [-0.15, -0.1) is 0 Å². The van der Waals surface area contributed by atoms with Crippen molar-refractivity contribution in [2.24, 2.45) is 0 Å². The molecule has 0 aliphatic carbocycles.